The number of hydrogen-bond donors (Lipinski definition) is 2. The van der Waals surface area contributed by atoms with Gasteiger partial charge < -0.3 is 15.5 Å². The normalized spacial score (nSPS) is 19.4. The Kier molecular flexibility index (Phi) is 7.59. The number of nitrogens with one attached hydrogen (secondary N) is 2. The fourth-order valence-electron chi connectivity index (χ4n) is 4.51. The standard InChI is InChI=1S/C22H35N5O3S/c1-23-21(25-17-22(12-4-5-13-22)20(28)26(2)3)24-16-18-8-10-19(11-9-18)31(29,30)27-14-6-7-15-27/h8-11H,4-7,12-17H2,1-3H3,(H2,23,24,25). The van der Waals surface area contributed by atoms with Crippen molar-refractivity contribution in [3.8, 4) is 0 Å². The molecule has 1 aliphatic carbocycles. The van der Waals surface area contributed by atoms with E-state index in [4.69, 9.17) is 0 Å². The zero-order valence-corrected chi connectivity index (χ0v) is 19.7. The molecule has 0 bridgehead atoms. The maximum atomic E-state index is 12.7. The fraction of sp³-hybridized carbons (Fsp3) is 0.636. The van der Waals surface area contributed by atoms with E-state index in [1.54, 1.807) is 28.4 Å². The van der Waals surface area contributed by atoms with Gasteiger partial charge in [-0.1, -0.05) is 25.0 Å². The monoisotopic (exact) mass is 449 g/mol. The molecule has 1 aromatic rings. The molecule has 0 atom stereocenters. The molecule has 2 aliphatic rings. The van der Waals surface area contributed by atoms with Crippen molar-refractivity contribution in [2.45, 2.75) is 50.0 Å². The number of guanidine groups is 1. The van der Waals surface area contributed by atoms with Gasteiger partial charge in [0.2, 0.25) is 15.9 Å². The number of carbonyl (C=O) groups excluding carboxylic acids is 1. The van der Waals surface area contributed by atoms with Crippen molar-refractivity contribution in [1.82, 2.24) is 19.8 Å². The van der Waals surface area contributed by atoms with Crippen molar-refractivity contribution in [2.24, 2.45) is 10.4 Å². The van der Waals surface area contributed by atoms with Crippen molar-refractivity contribution in [2.75, 3.05) is 40.8 Å². The van der Waals surface area contributed by atoms with E-state index in [9.17, 15) is 13.2 Å². The summed E-state index contributed by atoms with van der Waals surface area (Å²) in [6.45, 7) is 2.27. The molecular weight excluding hydrogens is 414 g/mol. The van der Waals surface area contributed by atoms with Crippen molar-refractivity contribution in [3.63, 3.8) is 0 Å². The molecule has 1 aliphatic heterocycles. The van der Waals surface area contributed by atoms with Gasteiger partial charge in [0.05, 0.1) is 10.3 Å². The quantitative estimate of drug-likeness (QED) is 0.489. The third-order valence-corrected chi connectivity index (χ3v) is 8.24. The lowest BCUT2D eigenvalue weighted by atomic mass is 9.84. The Morgan fingerprint density at radius 3 is 2.23 bits per heavy atom. The first-order chi connectivity index (χ1) is 14.8. The van der Waals surface area contributed by atoms with Crippen LogP contribution >= 0.6 is 0 Å². The average Bonchev–Trinajstić information content (AvgIpc) is 3.47. The van der Waals surface area contributed by atoms with Gasteiger partial charge in [-0.05, 0) is 43.4 Å². The van der Waals surface area contributed by atoms with Gasteiger partial charge in [0.25, 0.3) is 0 Å². The SMILES string of the molecule is CN=C(NCc1ccc(S(=O)(=O)N2CCCC2)cc1)NCC1(C(=O)N(C)C)CCCC1. The second-order valence-corrected chi connectivity index (χ2v) is 10.7. The summed E-state index contributed by atoms with van der Waals surface area (Å²) >= 11 is 0. The van der Waals surface area contributed by atoms with Crippen LogP contribution in [0, 0.1) is 5.41 Å². The Morgan fingerprint density at radius 1 is 1.06 bits per heavy atom. The number of nitrogens with zero attached hydrogens (tertiary/aromatic N) is 3. The van der Waals surface area contributed by atoms with E-state index in [1.807, 2.05) is 26.2 Å². The highest BCUT2D eigenvalue weighted by Crippen LogP contribution is 2.38. The lowest BCUT2D eigenvalue weighted by molar-refractivity contribution is -0.138. The molecule has 0 spiro atoms. The Balaban J connectivity index is 1.56. The molecule has 8 nitrogen and oxygen atoms in total. The minimum atomic E-state index is -3.39. The number of amides is 1. The van der Waals surface area contributed by atoms with Crippen molar-refractivity contribution in [3.05, 3.63) is 29.8 Å². The van der Waals surface area contributed by atoms with E-state index >= 15 is 0 Å². The van der Waals surface area contributed by atoms with Crippen LogP contribution in [0.5, 0.6) is 0 Å². The topological polar surface area (TPSA) is 94.1 Å². The molecule has 172 valence electrons. The van der Waals surface area contributed by atoms with Crippen LogP contribution in [-0.4, -0.2) is 70.3 Å². The van der Waals surface area contributed by atoms with Crippen LogP contribution in [0.15, 0.2) is 34.2 Å². The molecule has 9 heteroatoms. The predicted octanol–water partition coefficient (Wildman–Crippen LogP) is 1.78. The Bertz CT molecular complexity index is 884. The zero-order chi connectivity index (χ0) is 22.5. The van der Waals surface area contributed by atoms with Gasteiger partial charge in [0.1, 0.15) is 0 Å². The van der Waals surface area contributed by atoms with Gasteiger partial charge in [0, 0.05) is 47.3 Å². The smallest absolute Gasteiger partial charge is 0.243 e. The molecule has 1 saturated carbocycles. The summed E-state index contributed by atoms with van der Waals surface area (Å²) in [4.78, 5) is 19.0. The number of aliphatic imine (C=N–C) groups is 1. The minimum absolute atomic E-state index is 0.169. The first-order valence-corrected chi connectivity index (χ1v) is 12.5. The second kappa shape index (κ2) is 9.99. The summed E-state index contributed by atoms with van der Waals surface area (Å²) < 4.78 is 26.9. The third kappa shape index (κ3) is 5.38. The predicted molar refractivity (Wildman–Crippen MR) is 122 cm³/mol. The maximum Gasteiger partial charge on any atom is 0.243 e. The lowest BCUT2D eigenvalue weighted by Crippen LogP contribution is -2.49. The molecular formula is C22H35N5O3S. The summed E-state index contributed by atoms with van der Waals surface area (Å²) in [5.41, 5.74) is 0.593. The van der Waals surface area contributed by atoms with Gasteiger partial charge in [-0.2, -0.15) is 4.31 Å². The Morgan fingerprint density at radius 2 is 1.68 bits per heavy atom. The van der Waals surface area contributed by atoms with Crippen LogP contribution in [-0.2, 0) is 21.4 Å². The largest absolute Gasteiger partial charge is 0.355 e. The summed E-state index contributed by atoms with van der Waals surface area (Å²) in [6, 6.07) is 7.00. The molecule has 3 rings (SSSR count). The van der Waals surface area contributed by atoms with E-state index in [0.717, 1.165) is 44.1 Å². The van der Waals surface area contributed by atoms with E-state index in [2.05, 4.69) is 15.6 Å². The van der Waals surface area contributed by atoms with Gasteiger partial charge in [-0.15, -0.1) is 0 Å². The van der Waals surface area contributed by atoms with Crippen LogP contribution < -0.4 is 10.6 Å². The molecule has 2 fully saturated rings. The lowest BCUT2D eigenvalue weighted by Gasteiger charge is -2.31. The van der Waals surface area contributed by atoms with E-state index in [-0.39, 0.29) is 11.3 Å². The third-order valence-electron chi connectivity index (χ3n) is 6.32. The molecule has 0 radical (unpaired) electrons. The first-order valence-electron chi connectivity index (χ1n) is 11.0. The summed E-state index contributed by atoms with van der Waals surface area (Å²) in [5, 5.41) is 6.58. The highest BCUT2D eigenvalue weighted by Gasteiger charge is 2.42. The average molecular weight is 450 g/mol. The zero-order valence-electron chi connectivity index (χ0n) is 18.9. The van der Waals surface area contributed by atoms with Gasteiger partial charge >= 0.3 is 0 Å². The molecule has 1 heterocycles. The highest BCUT2D eigenvalue weighted by atomic mass is 32.2. The van der Waals surface area contributed by atoms with Crippen molar-refractivity contribution < 1.29 is 13.2 Å². The maximum absolute atomic E-state index is 12.7. The van der Waals surface area contributed by atoms with Crippen LogP contribution in [0.1, 0.15) is 44.1 Å². The van der Waals surface area contributed by atoms with E-state index in [0.29, 0.717) is 37.0 Å². The van der Waals surface area contributed by atoms with Gasteiger partial charge in [-0.25, -0.2) is 8.42 Å². The molecule has 1 amide bonds. The highest BCUT2D eigenvalue weighted by molar-refractivity contribution is 7.89. The number of benzene rings is 1. The molecule has 1 aromatic carbocycles. The number of carbonyl (C=O) groups is 1. The molecule has 2 N–H and O–H groups in total. The molecule has 0 unspecified atom stereocenters. The second-order valence-electron chi connectivity index (χ2n) is 8.72. The van der Waals surface area contributed by atoms with E-state index < -0.39 is 10.0 Å². The van der Waals surface area contributed by atoms with Crippen molar-refractivity contribution in [1.29, 1.82) is 0 Å². The summed E-state index contributed by atoms with van der Waals surface area (Å²) in [5.74, 6) is 0.800. The van der Waals surface area contributed by atoms with Crippen LogP contribution in [0.3, 0.4) is 0 Å². The Hall–Kier alpha value is -2.13. The van der Waals surface area contributed by atoms with Gasteiger partial charge in [0.15, 0.2) is 5.96 Å². The van der Waals surface area contributed by atoms with Crippen LogP contribution in [0.2, 0.25) is 0 Å². The van der Waals surface area contributed by atoms with Crippen LogP contribution in [0.4, 0.5) is 0 Å². The summed E-state index contributed by atoms with van der Waals surface area (Å²) in [6.07, 6.45) is 5.77. The first kappa shape index (κ1) is 23.5. The Labute approximate surface area is 186 Å². The van der Waals surface area contributed by atoms with E-state index in [1.165, 1.54) is 0 Å². The number of rotatable bonds is 7. The minimum Gasteiger partial charge on any atom is -0.355 e. The number of hydrogen-bond acceptors (Lipinski definition) is 4. The molecule has 31 heavy (non-hydrogen) atoms. The van der Waals surface area contributed by atoms with Crippen molar-refractivity contribution >= 4 is 21.9 Å². The molecule has 0 aromatic heterocycles. The van der Waals surface area contributed by atoms with Crippen LogP contribution in [0.25, 0.3) is 0 Å². The number of sulfonamides is 1. The molecule has 1 saturated heterocycles. The fourth-order valence-corrected chi connectivity index (χ4v) is 6.03. The summed E-state index contributed by atoms with van der Waals surface area (Å²) in [7, 11) is 1.93. The van der Waals surface area contributed by atoms with Gasteiger partial charge in [-0.3, -0.25) is 9.79 Å².